The summed E-state index contributed by atoms with van der Waals surface area (Å²) >= 11 is 0. The van der Waals surface area contributed by atoms with Crippen LogP contribution in [0.4, 0.5) is 11.4 Å². The van der Waals surface area contributed by atoms with Crippen LogP contribution in [-0.2, 0) is 10.0 Å². The lowest BCUT2D eigenvalue weighted by atomic mass is 10.1. The maximum atomic E-state index is 13.1. The van der Waals surface area contributed by atoms with Gasteiger partial charge in [-0.1, -0.05) is 18.2 Å². The summed E-state index contributed by atoms with van der Waals surface area (Å²) in [6, 6.07) is 21.9. The number of nitrogens with zero attached hydrogens (tertiary/aromatic N) is 1. The Bertz CT molecular complexity index is 1170. The molecule has 3 aromatic carbocycles. The highest BCUT2D eigenvalue weighted by molar-refractivity contribution is 7.92. The molecular formula is C25H29N3O4S. The van der Waals surface area contributed by atoms with Crippen LogP contribution in [0.25, 0.3) is 0 Å². The van der Waals surface area contributed by atoms with Gasteiger partial charge in [0.15, 0.2) is 0 Å². The Hall–Kier alpha value is -3.23. The first-order chi connectivity index (χ1) is 15.8. The lowest BCUT2D eigenvalue weighted by Crippen LogP contribution is -2.54. The van der Waals surface area contributed by atoms with Crippen LogP contribution in [0.5, 0.6) is 17.2 Å². The Balaban J connectivity index is 1.54. The molecule has 1 heterocycles. The fourth-order valence-corrected chi connectivity index (χ4v) is 5.09. The second kappa shape index (κ2) is 9.72. The quantitative estimate of drug-likeness (QED) is 0.534. The first-order valence-corrected chi connectivity index (χ1v) is 12.4. The monoisotopic (exact) mass is 467 g/mol. The van der Waals surface area contributed by atoms with Gasteiger partial charge in [-0.25, -0.2) is 8.42 Å². The van der Waals surface area contributed by atoms with Crippen molar-refractivity contribution in [2.24, 2.45) is 0 Å². The second-order valence-corrected chi connectivity index (χ2v) is 9.93. The van der Waals surface area contributed by atoms with Gasteiger partial charge in [0.25, 0.3) is 10.0 Å². The molecular weight excluding hydrogens is 438 g/mol. The van der Waals surface area contributed by atoms with Gasteiger partial charge in [-0.15, -0.1) is 0 Å². The summed E-state index contributed by atoms with van der Waals surface area (Å²) in [5.74, 6) is 1.70. The zero-order valence-corrected chi connectivity index (χ0v) is 19.8. The molecule has 174 valence electrons. The van der Waals surface area contributed by atoms with Gasteiger partial charge >= 0.3 is 0 Å². The number of sulfonamides is 1. The summed E-state index contributed by atoms with van der Waals surface area (Å²) < 4.78 is 40.1. The van der Waals surface area contributed by atoms with Crippen LogP contribution in [0.1, 0.15) is 13.8 Å². The van der Waals surface area contributed by atoms with Gasteiger partial charge in [-0.3, -0.25) is 4.72 Å². The van der Waals surface area contributed by atoms with Gasteiger partial charge < -0.3 is 19.7 Å². The molecule has 0 aromatic heterocycles. The van der Waals surface area contributed by atoms with Crippen LogP contribution in [0, 0.1) is 0 Å². The largest absolute Gasteiger partial charge is 0.495 e. The SMILES string of the molecule is COc1ccc(N2C[C@@H](C)N[C@@H](C)C2)cc1NS(=O)(=O)c1ccc(Oc2ccccc2)cc1. The van der Waals surface area contributed by atoms with Crippen LogP contribution < -0.4 is 24.4 Å². The molecule has 0 spiro atoms. The van der Waals surface area contributed by atoms with Crippen LogP contribution in [0.15, 0.2) is 77.7 Å². The minimum Gasteiger partial charge on any atom is -0.495 e. The topological polar surface area (TPSA) is 79.9 Å². The van der Waals surface area contributed by atoms with Gasteiger partial charge in [0.1, 0.15) is 17.2 Å². The minimum absolute atomic E-state index is 0.139. The third-order valence-electron chi connectivity index (χ3n) is 5.46. The predicted molar refractivity (Wildman–Crippen MR) is 131 cm³/mol. The molecule has 0 unspecified atom stereocenters. The Morgan fingerprint density at radius 3 is 2.18 bits per heavy atom. The number of methoxy groups -OCH3 is 1. The molecule has 0 bridgehead atoms. The highest BCUT2D eigenvalue weighted by Crippen LogP contribution is 2.32. The van der Waals surface area contributed by atoms with Crippen molar-refractivity contribution < 1.29 is 17.9 Å². The smallest absolute Gasteiger partial charge is 0.262 e. The number of hydrogen-bond donors (Lipinski definition) is 2. The first-order valence-electron chi connectivity index (χ1n) is 10.9. The van der Waals surface area contributed by atoms with E-state index in [2.05, 4.69) is 28.8 Å². The zero-order valence-electron chi connectivity index (χ0n) is 19.0. The van der Waals surface area contributed by atoms with E-state index < -0.39 is 10.0 Å². The normalized spacial score (nSPS) is 18.6. The maximum Gasteiger partial charge on any atom is 0.262 e. The van der Waals surface area contributed by atoms with E-state index >= 15 is 0 Å². The van der Waals surface area contributed by atoms with Crippen LogP contribution in [0.3, 0.4) is 0 Å². The Kier molecular flexibility index (Phi) is 6.76. The zero-order chi connectivity index (χ0) is 23.4. The van der Waals surface area contributed by atoms with Crippen molar-refractivity contribution in [1.29, 1.82) is 0 Å². The summed E-state index contributed by atoms with van der Waals surface area (Å²) in [6.07, 6.45) is 0. The second-order valence-electron chi connectivity index (χ2n) is 8.25. The lowest BCUT2D eigenvalue weighted by molar-refractivity contribution is 0.406. The van der Waals surface area contributed by atoms with Crippen molar-refractivity contribution in [2.75, 3.05) is 29.8 Å². The molecule has 0 aliphatic carbocycles. The van der Waals surface area contributed by atoms with Crippen molar-refractivity contribution >= 4 is 21.4 Å². The Morgan fingerprint density at radius 2 is 1.55 bits per heavy atom. The van der Waals surface area contributed by atoms with E-state index in [9.17, 15) is 8.42 Å². The predicted octanol–water partition coefficient (Wildman–Crippen LogP) is 4.47. The number of hydrogen-bond acceptors (Lipinski definition) is 6. The number of piperazine rings is 1. The molecule has 1 saturated heterocycles. The van der Waals surface area contributed by atoms with Gasteiger partial charge in [0.2, 0.25) is 0 Å². The lowest BCUT2D eigenvalue weighted by Gasteiger charge is -2.38. The van der Waals surface area contributed by atoms with Crippen molar-refractivity contribution in [2.45, 2.75) is 30.8 Å². The molecule has 1 aliphatic heterocycles. The molecule has 7 nitrogen and oxygen atoms in total. The van der Waals surface area contributed by atoms with Crippen molar-refractivity contribution in [1.82, 2.24) is 5.32 Å². The fraction of sp³-hybridized carbons (Fsp3) is 0.280. The molecule has 4 rings (SSSR count). The maximum absolute atomic E-state index is 13.1. The number of nitrogens with one attached hydrogen (secondary N) is 2. The average molecular weight is 468 g/mol. The fourth-order valence-electron chi connectivity index (χ4n) is 4.03. The molecule has 33 heavy (non-hydrogen) atoms. The minimum atomic E-state index is -3.82. The molecule has 0 saturated carbocycles. The number of ether oxygens (including phenoxy) is 2. The Labute approximate surface area is 195 Å². The molecule has 0 amide bonds. The van der Waals surface area contributed by atoms with E-state index in [4.69, 9.17) is 9.47 Å². The van der Waals surface area contributed by atoms with Gasteiger partial charge in [0.05, 0.1) is 17.7 Å². The van der Waals surface area contributed by atoms with E-state index in [1.165, 1.54) is 19.2 Å². The highest BCUT2D eigenvalue weighted by atomic mass is 32.2. The summed E-state index contributed by atoms with van der Waals surface area (Å²) in [5, 5.41) is 3.51. The number of rotatable bonds is 7. The summed E-state index contributed by atoms with van der Waals surface area (Å²) in [4.78, 5) is 2.39. The van der Waals surface area contributed by atoms with E-state index in [0.717, 1.165) is 18.8 Å². The van der Waals surface area contributed by atoms with E-state index in [1.807, 2.05) is 42.5 Å². The van der Waals surface area contributed by atoms with Crippen LogP contribution in [0.2, 0.25) is 0 Å². The third kappa shape index (κ3) is 5.58. The standard InChI is InChI=1S/C25H29N3O4S/c1-18-16-28(17-19(2)26-18)20-9-14-25(31-3)24(15-20)27-33(29,30)23-12-10-22(11-13-23)32-21-7-5-4-6-8-21/h4-15,18-19,26-27H,16-17H2,1-3H3/t18-,19+. The molecule has 1 fully saturated rings. The summed E-state index contributed by atoms with van der Waals surface area (Å²) in [5.41, 5.74) is 1.35. The number of benzene rings is 3. The number of anilines is 2. The Morgan fingerprint density at radius 1 is 0.909 bits per heavy atom. The van der Waals surface area contributed by atoms with Crippen molar-refractivity contribution in [3.05, 3.63) is 72.8 Å². The molecule has 1 aliphatic rings. The molecule has 3 aromatic rings. The molecule has 2 N–H and O–H groups in total. The summed E-state index contributed by atoms with van der Waals surface area (Å²) in [7, 11) is -2.30. The van der Waals surface area contributed by atoms with Gasteiger partial charge in [-0.05, 0) is 68.4 Å². The van der Waals surface area contributed by atoms with Crippen LogP contribution >= 0.6 is 0 Å². The summed E-state index contributed by atoms with van der Waals surface area (Å²) in [6.45, 7) is 5.96. The first kappa shape index (κ1) is 22.9. The highest BCUT2D eigenvalue weighted by Gasteiger charge is 2.23. The van der Waals surface area contributed by atoms with Gasteiger partial charge in [0, 0.05) is 30.9 Å². The van der Waals surface area contributed by atoms with E-state index in [0.29, 0.717) is 35.0 Å². The van der Waals surface area contributed by atoms with Crippen LogP contribution in [-0.4, -0.2) is 40.7 Å². The van der Waals surface area contributed by atoms with E-state index in [1.54, 1.807) is 18.2 Å². The van der Waals surface area contributed by atoms with Gasteiger partial charge in [-0.2, -0.15) is 0 Å². The molecule has 0 radical (unpaired) electrons. The van der Waals surface area contributed by atoms with Crippen molar-refractivity contribution in [3.8, 4) is 17.2 Å². The molecule has 8 heteroatoms. The number of para-hydroxylation sites is 1. The van der Waals surface area contributed by atoms with E-state index in [-0.39, 0.29) is 4.90 Å². The molecule has 2 atom stereocenters. The average Bonchev–Trinajstić information content (AvgIpc) is 2.79. The third-order valence-corrected chi connectivity index (χ3v) is 6.84. The van der Waals surface area contributed by atoms with Crippen molar-refractivity contribution in [3.63, 3.8) is 0 Å².